The highest BCUT2D eigenvalue weighted by Crippen LogP contribution is 2.22. The molecule has 1 aliphatic heterocycles. The number of hydrogen-bond acceptors (Lipinski definition) is 2. The minimum absolute atomic E-state index is 0.0930. The molecule has 0 aliphatic carbocycles. The van der Waals surface area contributed by atoms with Gasteiger partial charge in [-0.25, -0.2) is 4.79 Å². The standard InChI is InChI=1S/C23H29N3O2/c1-23(2,3)26-17-20(14-21(26)27)24-22(28)25(15-18-10-6-4-7-11-18)16-19-12-8-5-9-13-19/h4-13,20H,14-17H2,1-3H3,(H,24,28). The van der Waals surface area contributed by atoms with Crippen molar-refractivity contribution in [3.05, 3.63) is 71.8 Å². The Labute approximate surface area is 167 Å². The summed E-state index contributed by atoms with van der Waals surface area (Å²) in [4.78, 5) is 29.0. The Balaban J connectivity index is 1.70. The minimum Gasteiger partial charge on any atom is -0.336 e. The SMILES string of the molecule is CC(C)(C)N1CC(NC(=O)N(Cc2ccccc2)Cc2ccccc2)CC1=O. The number of nitrogens with one attached hydrogen (secondary N) is 1. The number of nitrogens with zero attached hydrogens (tertiary/aromatic N) is 2. The van der Waals surface area contributed by atoms with Crippen LogP contribution in [-0.4, -0.2) is 39.9 Å². The Hall–Kier alpha value is -2.82. The van der Waals surface area contributed by atoms with Gasteiger partial charge in [-0.1, -0.05) is 60.7 Å². The van der Waals surface area contributed by atoms with Crippen LogP contribution >= 0.6 is 0 Å². The molecule has 1 aliphatic rings. The molecule has 0 aromatic heterocycles. The van der Waals surface area contributed by atoms with Crippen LogP contribution in [0.3, 0.4) is 0 Å². The van der Waals surface area contributed by atoms with Crippen LogP contribution in [-0.2, 0) is 17.9 Å². The highest BCUT2D eigenvalue weighted by Gasteiger charge is 2.37. The van der Waals surface area contributed by atoms with Crippen molar-refractivity contribution in [2.24, 2.45) is 0 Å². The van der Waals surface area contributed by atoms with Crippen LogP contribution in [0.1, 0.15) is 38.3 Å². The second-order valence-corrected chi connectivity index (χ2v) is 8.35. The van der Waals surface area contributed by atoms with Crippen molar-refractivity contribution in [3.8, 4) is 0 Å². The van der Waals surface area contributed by atoms with Crippen LogP contribution in [0.15, 0.2) is 60.7 Å². The molecule has 3 rings (SSSR count). The van der Waals surface area contributed by atoms with Gasteiger partial charge in [0.05, 0.1) is 6.04 Å². The average Bonchev–Trinajstić information content (AvgIpc) is 3.03. The second-order valence-electron chi connectivity index (χ2n) is 8.35. The van der Waals surface area contributed by atoms with Crippen molar-refractivity contribution < 1.29 is 9.59 Å². The zero-order valence-corrected chi connectivity index (χ0v) is 16.9. The van der Waals surface area contributed by atoms with Crippen LogP contribution in [0.25, 0.3) is 0 Å². The topological polar surface area (TPSA) is 52.7 Å². The summed E-state index contributed by atoms with van der Waals surface area (Å²) in [6, 6.07) is 19.6. The van der Waals surface area contributed by atoms with E-state index >= 15 is 0 Å². The number of urea groups is 1. The molecule has 1 atom stereocenters. The van der Waals surface area contributed by atoms with Crippen molar-refractivity contribution in [2.45, 2.75) is 51.9 Å². The van der Waals surface area contributed by atoms with Gasteiger partial charge in [-0.05, 0) is 31.9 Å². The first-order valence-electron chi connectivity index (χ1n) is 9.76. The van der Waals surface area contributed by atoms with Crippen molar-refractivity contribution in [1.29, 1.82) is 0 Å². The zero-order valence-electron chi connectivity index (χ0n) is 16.9. The molecule has 0 radical (unpaired) electrons. The minimum atomic E-state index is -0.232. The van der Waals surface area contributed by atoms with Crippen LogP contribution in [0.5, 0.6) is 0 Å². The molecule has 0 spiro atoms. The summed E-state index contributed by atoms with van der Waals surface area (Å²) in [6.07, 6.45) is 0.355. The van der Waals surface area contributed by atoms with E-state index in [2.05, 4.69) is 5.32 Å². The van der Waals surface area contributed by atoms with Gasteiger partial charge in [0, 0.05) is 31.6 Å². The molecule has 1 heterocycles. The van der Waals surface area contributed by atoms with E-state index in [1.807, 2.05) is 86.3 Å². The third kappa shape index (κ3) is 5.12. The van der Waals surface area contributed by atoms with E-state index < -0.39 is 0 Å². The fourth-order valence-corrected chi connectivity index (χ4v) is 3.53. The van der Waals surface area contributed by atoms with Gasteiger partial charge in [-0.3, -0.25) is 4.79 Å². The maximum absolute atomic E-state index is 13.1. The van der Waals surface area contributed by atoms with Gasteiger partial charge in [0.2, 0.25) is 5.91 Å². The number of carbonyl (C=O) groups excluding carboxylic acids is 2. The fraction of sp³-hybridized carbons (Fsp3) is 0.391. The summed E-state index contributed by atoms with van der Waals surface area (Å²) in [6.45, 7) is 7.65. The Bertz CT molecular complexity index is 758. The van der Waals surface area contributed by atoms with E-state index in [4.69, 9.17) is 0 Å². The van der Waals surface area contributed by atoms with Crippen molar-refractivity contribution in [1.82, 2.24) is 15.1 Å². The predicted octanol–water partition coefficient (Wildman–Crippen LogP) is 3.80. The van der Waals surface area contributed by atoms with Crippen molar-refractivity contribution in [2.75, 3.05) is 6.54 Å². The van der Waals surface area contributed by atoms with E-state index in [0.717, 1.165) is 11.1 Å². The van der Waals surface area contributed by atoms with Gasteiger partial charge in [0.25, 0.3) is 0 Å². The largest absolute Gasteiger partial charge is 0.336 e. The highest BCUT2D eigenvalue weighted by molar-refractivity contribution is 5.82. The Morgan fingerprint density at radius 1 is 1.00 bits per heavy atom. The van der Waals surface area contributed by atoms with E-state index in [-0.39, 0.29) is 23.5 Å². The van der Waals surface area contributed by atoms with Gasteiger partial charge in [-0.2, -0.15) is 0 Å². The number of carbonyl (C=O) groups is 2. The van der Waals surface area contributed by atoms with Crippen molar-refractivity contribution in [3.63, 3.8) is 0 Å². The van der Waals surface area contributed by atoms with Gasteiger partial charge in [-0.15, -0.1) is 0 Å². The number of hydrogen-bond donors (Lipinski definition) is 1. The summed E-state index contributed by atoms with van der Waals surface area (Å²) in [5, 5.41) is 3.08. The van der Waals surface area contributed by atoms with Crippen LogP contribution < -0.4 is 5.32 Å². The van der Waals surface area contributed by atoms with Crippen LogP contribution in [0.2, 0.25) is 0 Å². The highest BCUT2D eigenvalue weighted by atomic mass is 16.2. The number of amides is 3. The third-order valence-electron chi connectivity index (χ3n) is 4.98. The number of benzene rings is 2. The summed E-state index contributed by atoms with van der Waals surface area (Å²) in [5.74, 6) is 0.0930. The summed E-state index contributed by atoms with van der Waals surface area (Å²) in [5.41, 5.74) is 1.92. The monoisotopic (exact) mass is 379 g/mol. The molecule has 148 valence electrons. The molecule has 2 aromatic carbocycles. The Kier molecular flexibility index (Phi) is 6.02. The average molecular weight is 380 g/mol. The first-order chi connectivity index (χ1) is 13.3. The maximum Gasteiger partial charge on any atom is 0.318 e. The molecule has 28 heavy (non-hydrogen) atoms. The lowest BCUT2D eigenvalue weighted by Crippen LogP contribution is -2.47. The number of rotatable bonds is 5. The van der Waals surface area contributed by atoms with E-state index in [0.29, 0.717) is 26.1 Å². The molecule has 0 bridgehead atoms. The van der Waals surface area contributed by atoms with E-state index in [1.165, 1.54) is 0 Å². The zero-order chi connectivity index (χ0) is 20.1. The second kappa shape index (κ2) is 8.46. The lowest BCUT2D eigenvalue weighted by Gasteiger charge is -2.32. The predicted molar refractivity (Wildman–Crippen MR) is 111 cm³/mol. The summed E-state index contributed by atoms with van der Waals surface area (Å²) < 4.78 is 0. The van der Waals surface area contributed by atoms with Crippen molar-refractivity contribution >= 4 is 11.9 Å². The molecule has 5 nitrogen and oxygen atoms in total. The molecule has 2 aromatic rings. The third-order valence-corrected chi connectivity index (χ3v) is 4.98. The number of likely N-dealkylation sites (tertiary alicyclic amines) is 1. The normalized spacial score (nSPS) is 16.9. The first-order valence-corrected chi connectivity index (χ1v) is 9.76. The molecule has 5 heteroatoms. The molecule has 1 saturated heterocycles. The molecular formula is C23H29N3O2. The van der Waals surface area contributed by atoms with Gasteiger partial charge < -0.3 is 15.1 Å². The fourth-order valence-electron chi connectivity index (χ4n) is 3.53. The van der Waals surface area contributed by atoms with Gasteiger partial charge >= 0.3 is 6.03 Å². The Morgan fingerprint density at radius 2 is 1.50 bits per heavy atom. The molecule has 1 fully saturated rings. The first kappa shape index (κ1) is 19.9. The van der Waals surface area contributed by atoms with Crippen LogP contribution in [0.4, 0.5) is 4.79 Å². The molecule has 1 unspecified atom stereocenters. The molecule has 0 saturated carbocycles. The molecular weight excluding hydrogens is 350 g/mol. The molecule has 1 N–H and O–H groups in total. The van der Waals surface area contributed by atoms with Crippen LogP contribution in [0, 0.1) is 0 Å². The van der Waals surface area contributed by atoms with E-state index in [1.54, 1.807) is 4.90 Å². The van der Waals surface area contributed by atoms with E-state index in [9.17, 15) is 9.59 Å². The maximum atomic E-state index is 13.1. The van der Waals surface area contributed by atoms with Gasteiger partial charge in [0.1, 0.15) is 0 Å². The lowest BCUT2D eigenvalue weighted by molar-refractivity contribution is -0.131. The van der Waals surface area contributed by atoms with Gasteiger partial charge in [0.15, 0.2) is 0 Å². The lowest BCUT2D eigenvalue weighted by atomic mass is 10.1. The smallest absolute Gasteiger partial charge is 0.318 e. The Morgan fingerprint density at radius 3 is 1.93 bits per heavy atom. The summed E-state index contributed by atoms with van der Waals surface area (Å²) in [7, 11) is 0. The quantitative estimate of drug-likeness (QED) is 0.859. The summed E-state index contributed by atoms with van der Waals surface area (Å²) >= 11 is 0. The molecule has 3 amide bonds.